The van der Waals surface area contributed by atoms with E-state index in [1.165, 1.54) is 5.57 Å². The van der Waals surface area contributed by atoms with Crippen LogP contribution in [0.4, 0.5) is 0 Å². The number of ether oxygens (including phenoxy) is 1. The zero-order valence-electron chi connectivity index (χ0n) is 7.55. The summed E-state index contributed by atoms with van der Waals surface area (Å²) >= 11 is 0. The first kappa shape index (κ1) is 10.0. The van der Waals surface area contributed by atoms with Gasteiger partial charge >= 0.3 is 0 Å². The molecule has 0 atom stereocenters. The van der Waals surface area contributed by atoms with E-state index >= 15 is 0 Å². The van der Waals surface area contributed by atoms with Crippen LogP contribution < -0.4 is 0 Å². The van der Waals surface area contributed by atoms with Crippen LogP contribution in [0.2, 0.25) is 0 Å². The lowest BCUT2D eigenvalue weighted by Crippen LogP contribution is -1.81. The van der Waals surface area contributed by atoms with Gasteiger partial charge in [-0.2, -0.15) is 0 Å². The Kier molecular flexibility index (Phi) is 5.26. The van der Waals surface area contributed by atoms with Crippen molar-refractivity contribution >= 4 is 0 Å². The van der Waals surface area contributed by atoms with Crippen LogP contribution in [0, 0.1) is 0 Å². The maximum Gasteiger partial charge on any atom is 0.111 e. The Balaban J connectivity index is 0. The molecule has 0 saturated heterocycles. The minimum Gasteiger partial charge on any atom is -0.497 e. The lowest BCUT2D eigenvalue weighted by atomic mass is 10.1. The summed E-state index contributed by atoms with van der Waals surface area (Å²) in [6.45, 7) is 7.82. The first-order valence-electron chi connectivity index (χ1n) is 3.80. The molecule has 0 fully saturated rings. The second kappa shape index (κ2) is 5.78. The summed E-state index contributed by atoms with van der Waals surface area (Å²) in [5.41, 5.74) is 1.24. The Bertz CT molecular complexity index is 180. The van der Waals surface area contributed by atoms with Crippen molar-refractivity contribution in [2.45, 2.75) is 20.3 Å². The molecule has 0 amide bonds. The predicted molar refractivity (Wildman–Crippen MR) is 51.5 cm³/mol. The summed E-state index contributed by atoms with van der Waals surface area (Å²) < 4.78 is 4.92. The third-order valence-electron chi connectivity index (χ3n) is 1.40. The molecule has 64 valence electrons. The smallest absolute Gasteiger partial charge is 0.111 e. The Hall–Kier alpha value is -0.980. The van der Waals surface area contributed by atoms with Crippen molar-refractivity contribution in [2.24, 2.45) is 0 Å². The Morgan fingerprint density at radius 2 is 2.27 bits per heavy atom. The molecule has 0 aliphatic rings. The fourth-order valence-electron chi connectivity index (χ4n) is 0.748. The van der Waals surface area contributed by atoms with E-state index in [4.69, 9.17) is 4.74 Å². The summed E-state index contributed by atoms with van der Waals surface area (Å²) in [5.74, 6) is 0.708. The summed E-state index contributed by atoms with van der Waals surface area (Å²) in [7, 11) is 1.63. The van der Waals surface area contributed by atoms with Crippen LogP contribution in [0.1, 0.15) is 21.7 Å². The molecule has 11 heavy (non-hydrogen) atoms. The van der Waals surface area contributed by atoms with Crippen LogP contribution in [-0.2, 0) is 4.74 Å². The second-order valence-electron chi connectivity index (χ2n) is 2.24. The topological polar surface area (TPSA) is 9.23 Å². The molecule has 0 rings (SSSR count). The molecule has 0 heterocycles. The molecule has 0 saturated carbocycles. The first-order valence-corrected chi connectivity index (χ1v) is 3.80. The molecular weight excluding hydrogens is 136 g/mol. The van der Waals surface area contributed by atoms with Crippen molar-refractivity contribution < 1.29 is 6.16 Å². The highest BCUT2D eigenvalue weighted by molar-refractivity contribution is 5.25. The average molecular weight is 154 g/mol. The molecule has 0 unspecified atom stereocenters. The molecule has 0 aliphatic heterocycles. The van der Waals surface area contributed by atoms with E-state index in [9.17, 15) is 0 Å². The normalized spacial score (nSPS) is 12.1. The highest BCUT2D eigenvalue weighted by atomic mass is 16.5. The van der Waals surface area contributed by atoms with Crippen LogP contribution in [-0.4, -0.2) is 7.11 Å². The van der Waals surface area contributed by atoms with Crippen molar-refractivity contribution in [1.29, 1.82) is 0 Å². The van der Waals surface area contributed by atoms with E-state index in [1.807, 2.05) is 19.1 Å². The fraction of sp³-hybridized carbons (Fsp3) is 0.400. The van der Waals surface area contributed by atoms with Gasteiger partial charge in [0.2, 0.25) is 0 Å². The average Bonchev–Trinajstić information content (AvgIpc) is 2.03. The van der Waals surface area contributed by atoms with Gasteiger partial charge in [0, 0.05) is 1.43 Å². The summed E-state index contributed by atoms with van der Waals surface area (Å²) in [6, 6.07) is 0. The van der Waals surface area contributed by atoms with Crippen LogP contribution in [0.3, 0.4) is 0 Å². The molecular formula is C10H18O. The predicted octanol–water partition coefficient (Wildman–Crippen LogP) is 3.31. The molecule has 1 nitrogen and oxygen atoms in total. The molecule has 0 aliphatic carbocycles. The second-order valence-corrected chi connectivity index (χ2v) is 2.24. The van der Waals surface area contributed by atoms with Gasteiger partial charge in [-0.1, -0.05) is 25.7 Å². The SMILES string of the molecule is C=C(/C=C(\C=C/C)CC)OC.[HH]. The van der Waals surface area contributed by atoms with Crippen LogP contribution in [0.25, 0.3) is 0 Å². The maximum absolute atomic E-state index is 4.92. The third kappa shape index (κ3) is 4.43. The van der Waals surface area contributed by atoms with Gasteiger partial charge < -0.3 is 4.74 Å². The van der Waals surface area contributed by atoms with Gasteiger partial charge in [0.05, 0.1) is 7.11 Å². The third-order valence-corrected chi connectivity index (χ3v) is 1.40. The monoisotopic (exact) mass is 154 g/mol. The Morgan fingerprint density at radius 3 is 2.64 bits per heavy atom. The zero-order valence-corrected chi connectivity index (χ0v) is 7.55. The minimum absolute atomic E-state index is 0. The highest BCUT2D eigenvalue weighted by Crippen LogP contribution is 2.06. The molecule has 1 heteroatoms. The molecule has 0 N–H and O–H groups in total. The molecule has 0 spiro atoms. The van der Waals surface area contributed by atoms with E-state index in [0.29, 0.717) is 5.76 Å². The minimum atomic E-state index is 0. The quantitative estimate of drug-likeness (QED) is 0.446. The van der Waals surface area contributed by atoms with Gasteiger partial charge in [0.25, 0.3) is 0 Å². The molecule has 0 aromatic heterocycles. The number of allylic oxidation sites excluding steroid dienone is 4. The molecule has 0 aromatic rings. The van der Waals surface area contributed by atoms with Crippen molar-refractivity contribution in [2.75, 3.05) is 7.11 Å². The Labute approximate surface area is 70.6 Å². The van der Waals surface area contributed by atoms with E-state index in [2.05, 4.69) is 19.6 Å². The standard InChI is InChI=1S/C10H16O.H2/c1-5-7-10(6-2)8-9(3)11-4;/h5,7-8H,3,6H2,1-2,4H3;1H/b7-5-,10-8-;. The van der Waals surface area contributed by atoms with Gasteiger partial charge in [0.1, 0.15) is 5.76 Å². The van der Waals surface area contributed by atoms with Crippen LogP contribution >= 0.6 is 0 Å². The van der Waals surface area contributed by atoms with Gasteiger partial charge in [-0.15, -0.1) is 0 Å². The van der Waals surface area contributed by atoms with Gasteiger partial charge in [-0.25, -0.2) is 0 Å². The zero-order chi connectivity index (χ0) is 8.69. The van der Waals surface area contributed by atoms with Crippen molar-refractivity contribution in [3.63, 3.8) is 0 Å². The van der Waals surface area contributed by atoms with E-state index in [-0.39, 0.29) is 1.43 Å². The summed E-state index contributed by atoms with van der Waals surface area (Å²) in [4.78, 5) is 0. The number of methoxy groups -OCH3 is 1. The van der Waals surface area contributed by atoms with Crippen LogP contribution in [0.5, 0.6) is 0 Å². The van der Waals surface area contributed by atoms with Gasteiger partial charge in [-0.05, 0) is 25.0 Å². The summed E-state index contributed by atoms with van der Waals surface area (Å²) in [6.07, 6.45) is 7.02. The fourth-order valence-corrected chi connectivity index (χ4v) is 0.748. The molecule has 0 radical (unpaired) electrons. The van der Waals surface area contributed by atoms with Crippen molar-refractivity contribution in [1.82, 2.24) is 0 Å². The van der Waals surface area contributed by atoms with E-state index < -0.39 is 0 Å². The lowest BCUT2D eigenvalue weighted by molar-refractivity contribution is 0.308. The summed E-state index contributed by atoms with van der Waals surface area (Å²) in [5, 5.41) is 0. The number of hydrogen-bond donors (Lipinski definition) is 0. The van der Waals surface area contributed by atoms with E-state index in [0.717, 1.165) is 6.42 Å². The highest BCUT2D eigenvalue weighted by Gasteiger charge is 1.89. The van der Waals surface area contributed by atoms with Crippen molar-refractivity contribution in [3.8, 4) is 0 Å². The number of hydrogen-bond acceptors (Lipinski definition) is 1. The largest absolute Gasteiger partial charge is 0.497 e. The Morgan fingerprint density at radius 1 is 1.64 bits per heavy atom. The van der Waals surface area contributed by atoms with Gasteiger partial charge in [-0.3, -0.25) is 0 Å². The number of rotatable bonds is 4. The molecule has 0 aromatic carbocycles. The molecule has 0 bridgehead atoms. The lowest BCUT2D eigenvalue weighted by Gasteiger charge is -1.99. The first-order chi connectivity index (χ1) is 5.24. The van der Waals surface area contributed by atoms with E-state index in [1.54, 1.807) is 7.11 Å². The van der Waals surface area contributed by atoms with Gasteiger partial charge in [0.15, 0.2) is 0 Å². The van der Waals surface area contributed by atoms with Crippen LogP contribution in [0.15, 0.2) is 36.1 Å². The maximum atomic E-state index is 4.92. The van der Waals surface area contributed by atoms with Crippen molar-refractivity contribution in [3.05, 3.63) is 36.1 Å².